The summed E-state index contributed by atoms with van der Waals surface area (Å²) in [5, 5.41) is 3.05. The molecule has 0 saturated carbocycles. The van der Waals surface area contributed by atoms with Crippen LogP contribution in [0.25, 0.3) is 89.5 Å². The average Bonchev–Trinajstić information content (AvgIpc) is 3.53. The zero-order valence-corrected chi connectivity index (χ0v) is 25.1. The molecular weight excluding hydrogens is 578 g/mol. The van der Waals surface area contributed by atoms with E-state index in [9.17, 15) is 0 Å². The fourth-order valence-corrected chi connectivity index (χ4v) is 6.07. The summed E-state index contributed by atoms with van der Waals surface area (Å²) in [5.74, 6) is 1.88. The van der Waals surface area contributed by atoms with E-state index >= 15 is 0 Å². The van der Waals surface area contributed by atoms with Crippen molar-refractivity contribution in [2.75, 3.05) is 0 Å². The molecule has 47 heavy (non-hydrogen) atoms. The number of para-hydroxylation sites is 1. The second-order valence-electron chi connectivity index (χ2n) is 11.4. The van der Waals surface area contributed by atoms with Crippen molar-refractivity contribution in [2.24, 2.45) is 0 Å². The monoisotopic (exact) mass is 603 g/mol. The van der Waals surface area contributed by atoms with Crippen LogP contribution in [0, 0.1) is 0 Å². The summed E-state index contributed by atoms with van der Waals surface area (Å²) in [4.78, 5) is 24.3. The zero-order chi connectivity index (χ0) is 31.2. The molecule has 0 spiro atoms. The molecule has 4 heterocycles. The predicted molar refractivity (Wildman–Crippen MR) is 187 cm³/mol. The van der Waals surface area contributed by atoms with E-state index in [1.54, 1.807) is 6.20 Å². The summed E-state index contributed by atoms with van der Waals surface area (Å²) in [5.41, 5.74) is 8.95. The third-order valence-electron chi connectivity index (χ3n) is 8.38. The second-order valence-corrected chi connectivity index (χ2v) is 11.4. The first-order valence-electron chi connectivity index (χ1n) is 15.4. The molecule has 0 aliphatic rings. The van der Waals surface area contributed by atoms with E-state index in [1.807, 2.05) is 103 Å². The van der Waals surface area contributed by atoms with E-state index in [2.05, 4.69) is 42.5 Å². The van der Waals surface area contributed by atoms with Gasteiger partial charge in [-0.1, -0.05) is 109 Å². The average molecular weight is 604 g/mol. The van der Waals surface area contributed by atoms with E-state index in [1.165, 1.54) is 0 Å². The van der Waals surface area contributed by atoms with Gasteiger partial charge >= 0.3 is 0 Å². The number of rotatable bonds is 5. The van der Waals surface area contributed by atoms with Crippen LogP contribution in [0.1, 0.15) is 0 Å². The van der Waals surface area contributed by atoms with Gasteiger partial charge in [-0.25, -0.2) is 19.9 Å². The van der Waals surface area contributed by atoms with Gasteiger partial charge in [-0.2, -0.15) is 0 Å². The second kappa shape index (κ2) is 11.1. The van der Waals surface area contributed by atoms with Crippen LogP contribution in [0.15, 0.2) is 156 Å². The molecule has 6 heteroatoms. The first kappa shape index (κ1) is 26.8. The molecule has 0 fully saturated rings. The van der Waals surface area contributed by atoms with Gasteiger partial charge in [0.2, 0.25) is 0 Å². The molecule has 0 unspecified atom stereocenters. The number of aromatic nitrogens is 5. The summed E-state index contributed by atoms with van der Waals surface area (Å²) in [6, 6.07) is 48.8. The minimum Gasteiger partial charge on any atom is -0.456 e. The van der Waals surface area contributed by atoms with Crippen molar-refractivity contribution >= 4 is 32.8 Å². The molecule has 6 nitrogen and oxygen atoms in total. The number of hydrogen-bond acceptors (Lipinski definition) is 6. The third kappa shape index (κ3) is 4.89. The summed E-state index contributed by atoms with van der Waals surface area (Å²) >= 11 is 0. The molecule has 9 aromatic rings. The summed E-state index contributed by atoms with van der Waals surface area (Å²) < 4.78 is 6.41. The number of furan rings is 1. The standard InChI is InChI=1S/C41H25N5O/c1-3-11-27(12-4-1)39-44-40(28-13-5-2-6-14-28)46-41(45-39)31-16-9-15-29(24-31)30-18-20-32-36(25-30)47-35-22-23-42-38(37(32)35)34-21-19-26-10-7-8-17-33(26)43-34/h1-25H. The van der Waals surface area contributed by atoms with Crippen LogP contribution in [0.3, 0.4) is 0 Å². The van der Waals surface area contributed by atoms with Crippen molar-refractivity contribution in [3.63, 3.8) is 0 Å². The number of nitrogens with zero attached hydrogens (tertiary/aromatic N) is 5. The van der Waals surface area contributed by atoms with Crippen LogP contribution in [0.5, 0.6) is 0 Å². The van der Waals surface area contributed by atoms with Crippen molar-refractivity contribution in [1.82, 2.24) is 24.9 Å². The van der Waals surface area contributed by atoms with E-state index in [4.69, 9.17) is 29.3 Å². The van der Waals surface area contributed by atoms with Crippen molar-refractivity contribution in [3.8, 4) is 56.7 Å². The molecule has 9 rings (SSSR count). The van der Waals surface area contributed by atoms with Crippen LogP contribution < -0.4 is 0 Å². The van der Waals surface area contributed by atoms with Gasteiger partial charge in [0, 0.05) is 33.7 Å². The lowest BCUT2D eigenvalue weighted by molar-refractivity contribution is 0.668. The highest BCUT2D eigenvalue weighted by atomic mass is 16.3. The van der Waals surface area contributed by atoms with Gasteiger partial charge in [-0.15, -0.1) is 0 Å². The Morgan fingerprint density at radius 2 is 1.06 bits per heavy atom. The van der Waals surface area contributed by atoms with E-state index in [0.29, 0.717) is 17.5 Å². The van der Waals surface area contributed by atoms with Crippen LogP contribution in [0.2, 0.25) is 0 Å². The van der Waals surface area contributed by atoms with Gasteiger partial charge in [0.15, 0.2) is 17.5 Å². The molecule has 0 N–H and O–H groups in total. The van der Waals surface area contributed by atoms with Gasteiger partial charge in [0.1, 0.15) is 16.9 Å². The smallest absolute Gasteiger partial charge is 0.164 e. The summed E-state index contributed by atoms with van der Waals surface area (Å²) in [7, 11) is 0. The third-order valence-corrected chi connectivity index (χ3v) is 8.38. The van der Waals surface area contributed by atoms with Crippen molar-refractivity contribution in [3.05, 3.63) is 152 Å². The quantitative estimate of drug-likeness (QED) is 0.195. The van der Waals surface area contributed by atoms with Gasteiger partial charge in [0.25, 0.3) is 0 Å². The van der Waals surface area contributed by atoms with Gasteiger partial charge in [-0.05, 0) is 47.5 Å². The molecule has 0 radical (unpaired) electrons. The number of hydrogen-bond donors (Lipinski definition) is 0. The van der Waals surface area contributed by atoms with Crippen molar-refractivity contribution < 1.29 is 4.42 Å². The lowest BCUT2D eigenvalue weighted by Crippen LogP contribution is -2.00. The van der Waals surface area contributed by atoms with Gasteiger partial charge < -0.3 is 4.42 Å². The van der Waals surface area contributed by atoms with Crippen LogP contribution >= 0.6 is 0 Å². The molecule has 0 saturated heterocycles. The van der Waals surface area contributed by atoms with Crippen molar-refractivity contribution in [2.45, 2.75) is 0 Å². The minimum atomic E-state index is 0.614. The first-order chi connectivity index (χ1) is 23.3. The minimum absolute atomic E-state index is 0.614. The largest absolute Gasteiger partial charge is 0.456 e. The molecule has 0 aliphatic carbocycles. The Labute approximate surface area is 270 Å². The van der Waals surface area contributed by atoms with Gasteiger partial charge in [-0.3, -0.25) is 4.98 Å². The lowest BCUT2D eigenvalue weighted by Gasteiger charge is -2.09. The topological polar surface area (TPSA) is 77.6 Å². The Morgan fingerprint density at radius 3 is 1.83 bits per heavy atom. The highest BCUT2D eigenvalue weighted by Crippen LogP contribution is 2.37. The van der Waals surface area contributed by atoms with E-state index in [0.717, 1.165) is 72.0 Å². The number of fused-ring (bicyclic) bond motifs is 4. The molecule has 0 atom stereocenters. The van der Waals surface area contributed by atoms with Crippen LogP contribution in [0.4, 0.5) is 0 Å². The lowest BCUT2D eigenvalue weighted by atomic mass is 10.0. The highest BCUT2D eigenvalue weighted by Gasteiger charge is 2.17. The zero-order valence-electron chi connectivity index (χ0n) is 25.1. The SMILES string of the molecule is c1ccc(-c2nc(-c3ccccc3)nc(-c3cccc(-c4ccc5c(c4)oc4ccnc(-c6ccc7ccccc7n6)c45)c3)n2)cc1. The van der Waals surface area contributed by atoms with E-state index in [-0.39, 0.29) is 0 Å². The predicted octanol–water partition coefficient (Wildman–Crippen LogP) is 10.0. The Hall–Kier alpha value is -6.53. The first-order valence-corrected chi connectivity index (χ1v) is 15.4. The fraction of sp³-hybridized carbons (Fsp3) is 0. The summed E-state index contributed by atoms with van der Waals surface area (Å²) in [6.07, 6.45) is 1.78. The molecule has 0 amide bonds. The Morgan fingerprint density at radius 1 is 0.426 bits per heavy atom. The maximum Gasteiger partial charge on any atom is 0.164 e. The molecule has 4 aromatic heterocycles. The van der Waals surface area contributed by atoms with Crippen LogP contribution in [-0.2, 0) is 0 Å². The van der Waals surface area contributed by atoms with Crippen LogP contribution in [-0.4, -0.2) is 24.9 Å². The maximum absolute atomic E-state index is 6.41. The van der Waals surface area contributed by atoms with E-state index < -0.39 is 0 Å². The molecule has 5 aromatic carbocycles. The normalized spacial score (nSPS) is 11.4. The Balaban J connectivity index is 1.14. The van der Waals surface area contributed by atoms with Crippen molar-refractivity contribution in [1.29, 1.82) is 0 Å². The molecule has 220 valence electrons. The fourth-order valence-electron chi connectivity index (χ4n) is 6.07. The Bertz CT molecular complexity index is 2520. The summed E-state index contributed by atoms with van der Waals surface area (Å²) in [6.45, 7) is 0. The maximum atomic E-state index is 6.41. The molecular formula is C41H25N5O. The van der Waals surface area contributed by atoms with Gasteiger partial charge in [0.05, 0.1) is 16.6 Å². The molecule has 0 aliphatic heterocycles. The number of benzene rings is 5. The molecule has 0 bridgehead atoms. The Kier molecular flexibility index (Phi) is 6.35. The highest BCUT2D eigenvalue weighted by molar-refractivity contribution is 6.11. The number of pyridine rings is 2.